The van der Waals surface area contributed by atoms with Gasteiger partial charge in [0.05, 0.1) is 25.7 Å². The SMILES string of the molecule is COc1ccccc1CC(=O)NCC(C)(C)N1C[C@@H](C)O[C@@H](C)C1. The second-order valence-corrected chi connectivity index (χ2v) is 7.24. The summed E-state index contributed by atoms with van der Waals surface area (Å²) in [5.74, 6) is 0.768. The summed E-state index contributed by atoms with van der Waals surface area (Å²) in [6.45, 7) is 10.9. The summed E-state index contributed by atoms with van der Waals surface area (Å²) in [5.41, 5.74) is 0.798. The molecule has 0 aliphatic carbocycles. The van der Waals surface area contributed by atoms with Gasteiger partial charge in [0, 0.05) is 30.7 Å². The van der Waals surface area contributed by atoms with Gasteiger partial charge >= 0.3 is 0 Å². The topological polar surface area (TPSA) is 50.8 Å². The normalized spacial score (nSPS) is 22.2. The molecule has 1 heterocycles. The van der Waals surface area contributed by atoms with E-state index in [1.807, 2.05) is 24.3 Å². The monoisotopic (exact) mass is 334 g/mol. The van der Waals surface area contributed by atoms with Crippen LogP contribution in [0.4, 0.5) is 0 Å². The number of nitrogens with one attached hydrogen (secondary N) is 1. The standard InChI is InChI=1S/C19H30N2O3/c1-14-11-21(12-15(2)24-14)19(3,4)13-20-18(22)10-16-8-6-7-9-17(16)23-5/h6-9,14-15H,10-13H2,1-5H3,(H,20,22)/t14-,15+. The fourth-order valence-electron chi connectivity index (χ4n) is 3.18. The van der Waals surface area contributed by atoms with Crippen molar-refractivity contribution in [3.05, 3.63) is 29.8 Å². The van der Waals surface area contributed by atoms with Crippen LogP contribution in [0.3, 0.4) is 0 Å². The van der Waals surface area contributed by atoms with Crippen LogP contribution in [0.15, 0.2) is 24.3 Å². The molecule has 1 aliphatic rings. The lowest BCUT2D eigenvalue weighted by Crippen LogP contribution is -2.58. The summed E-state index contributed by atoms with van der Waals surface area (Å²) in [5, 5.41) is 3.07. The van der Waals surface area contributed by atoms with Crippen LogP contribution in [-0.2, 0) is 16.0 Å². The Morgan fingerprint density at radius 3 is 2.54 bits per heavy atom. The number of carbonyl (C=O) groups excluding carboxylic acids is 1. The first-order valence-electron chi connectivity index (χ1n) is 8.61. The number of benzene rings is 1. The minimum atomic E-state index is -0.108. The predicted octanol–water partition coefficient (Wildman–Crippen LogP) is 2.24. The minimum Gasteiger partial charge on any atom is -0.496 e. The first-order chi connectivity index (χ1) is 11.3. The minimum absolute atomic E-state index is 0.0157. The number of ether oxygens (including phenoxy) is 2. The van der Waals surface area contributed by atoms with Crippen LogP contribution in [0.5, 0.6) is 5.75 Å². The second-order valence-electron chi connectivity index (χ2n) is 7.24. The maximum atomic E-state index is 12.3. The van der Waals surface area contributed by atoms with Gasteiger partial charge in [-0.15, -0.1) is 0 Å². The van der Waals surface area contributed by atoms with Crippen LogP contribution in [-0.4, -0.2) is 55.3 Å². The first-order valence-corrected chi connectivity index (χ1v) is 8.61. The van der Waals surface area contributed by atoms with Crippen LogP contribution in [0.1, 0.15) is 33.3 Å². The van der Waals surface area contributed by atoms with Gasteiger partial charge in [0.25, 0.3) is 0 Å². The van der Waals surface area contributed by atoms with Gasteiger partial charge in [-0.3, -0.25) is 9.69 Å². The fourth-order valence-corrected chi connectivity index (χ4v) is 3.18. The van der Waals surface area contributed by atoms with Crippen molar-refractivity contribution in [1.29, 1.82) is 0 Å². The maximum absolute atomic E-state index is 12.3. The fraction of sp³-hybridized carbons (Fsp3) is 0.632. The van der Waals surface area contributed by atoms with Crippen molar-refractivity contribution >= 4 is 5.91 Å². The lowest BCUT2D eigenvalue weighted by Gasteiger charge is -2.45. The molecule has 1 N–H and O–H groups in total. The van der Waals surface area contributed by atoms with Gasteiger partial charge in [-0.05, 0) is 33.8 Å². The highest BCUT2D eigenvalue weighted by Gasteiger charge is 2.33. The van der Waals surface area contributed by atoms with E-state index in [1.54, 1.807) is 7.11 Å². The van der Waals surface area contributed by atoms with Crippen molar-refractivity contribution in [2.75, 3.05) is 26.7 Å². The molecule has 5 nitrogen and oxygen atoms in total. The Bertz CT molecular complexity index is 549. The number of rotatable bonds is 6. The second kappa shape index (κ2) is 7.99. The predicted molar refractivity (Wildman–Crippen MR) is 95.4 cm³/mol. The van der Waals surface area contributed by atoms with Gasteiger partial charge in [-0.2, -0.15) is 0 Å². The Labute approximate surface area is 145 Å². The van der Waals surface area contributed by atoms with E-state index in [4.69, 9.17) is 9.47 Å². The molecule has 0 radical (unpaired) electrons. The molecule has 1 fully saturated rings. The van der Waals surface area contributed by atoms with Gasteiger partial charge in [0.15, 0.2) is 0 Å². The summed E-state index contributed by atoms with van der Waals surface area (Å²) < 4.78 is 11.1. The molecule has 1 saturated heterocycles. The van der Waals surface area contributed by atoms with Crippen LogP contribution in [0, 0.1) is 0 Å². The number of hydrogen-bond acceptors (Lipinski definition) is 4. The average Bonchev–Trinajstić information content (AvgIpc) is 2.53. The smallest absolute Gasteiger partial charge is 0.224 e. The Morgan fingerprint density at radius 1 is 1.29 bits per heavy atom. The molecule has 0 unspecified atom stereocenters. The molecular formula is C19H30N2O3. The van der Waals surface area contributed by atoms with E-state index in [2.05, 4.69) is 37.9 Å². The van der Waals surface area contributed by atoms with Crippen molar-refractivity contribution in [3.63, 3.8) is 0 Å². The Balaban J connectivity index is 1.90. The van der Waals surface area contributed by atoms with Gasteiger partial charge in [0.2, 0.25) is 5.91 Å². The molecule has 24 heavy (non-hydrogen) atoms. The number of methoxy groups -OCH3 is 1. The van der Waals surface area contributed by atoms with Gasteiger partial charge < -0.3 is 14.8 Å². The Kier molecular flexibility index (Phi) is 6.24. The molecule has 134 valence electrons. The van der Waals surface area contributed by atoms with Crippen LogP contribution >= 0.6 is 0 Å². The van der Waals surface area contributed by atoms with E-state index >= 15 is 0 Å². The zero-order valence-electron chi connectivity index (χ0n) is 15.5. The number of morpholine rings is 1. The van der Waals surface area contributed by atoms with E-state index in [0.717, 1.165) is 24.4 Å². The maximum Gasteiger partial charge on any atom is 0.224 e. The van der Waals surface area contributed by atoms with E-state index in [-0.39, 0.29) is 23.7 Å². The highest BCUT2D eigenvalue weighted by atomic mass is 16.5. The number of hydrogen-bond donors (Lipinski definition) is 1. The van der Waals surface area contributed by atoms with E-state index in [9.17, 15) is 4.79 Å². The number of amides is 1. The molecule has 1 amide bonds. The lowest BCUT2D eigenvalue weighted by molar-refractivity contribution is -0.122. The largest absolute Gasteiger partial charge is 0.496 e. The van der Waals surface area contributed by atoms with Crippen LogP contribution in [0.25, 0.3) is 0 Å². The molecule has 0 saturated carbocycles. The molecule has 1 aliphatic heterocycles. The number of carbonyl (C=O) groups is 1. The van der Waals surface area contributed by atoms with Crippen molar-refractivity contribution in [3.8, 4) is 5.75 Å². The molecule has 0 aromatic heterocycles. The van der Waals surface area contributed by atoms with Crippen molar-refractivity contribution in [2.24, 2.45) is 0 Å². The van der Waals surface area contributed by atoms with Gasteiger partial charge in [-0.25, -0.2) is 0 Å². The molecule has 0 bridgehead atoms. The first kappa shape index (κ1) is 18.7. The van der Waals surface area contributed by atoms with Crippen molar-refractivity contribution in [1.82, 2.24) is 10.2 Å². The van der Waals surface area contributed by atoms with Crippen molar-refractivity contribution in [2.45, 2.75) is 51.9 Å². The summed E-state index contributed by atoms with van der Waals surface area (Å²) >= 11 is 0. The van der Waals surface area contributed by atoms with Crippen LogP contribution in [0.2, 0.25) is 0 Å². The van der Waals surface area contributed by atoms with E-state index in [1.165, 1.54) is 0 Å². The molecule has 2 atom stereocenters. The Morgan fingerprint density at radius 2 is 1.92 bits per heavy atom. The third-order valence-electron chi connectivity index (χ3n) is 4.54. The number of nitrogens with zero attached hydrogens (tertiary/aromatic N) is 1. The Hall–Kier alpha value is -1.59. The molecular weight excluding hydrogens is 304 g/mol. The van der Waals surface area contributed by atoms with Crippen molar-refractivity contribution < 1.29 is 14.3 Å². The summed E-state index contributed by atoms with van der Waals surface area (Å²) in [7, 11) is 1.63. The molecule has 5 heteroatoms. The van der Waals surface area contributed by atoms with E-state index in [0.29, 0.717) is 13.0 Å². The zero-order chi connectivity index (χ0) is 17.7. The van der Waals surface area contributed by atoms with Crippen LogP contribution < -0.4 is 10.1 Å². The highest BCUT2D eigenvalue weighted by Crippen LogP contribution is 2.21. The molecule has 0 spiro atoms. The average molecular weight is 334 g/mol. The highest BCUT2D eigenvalue weighted by molar-refractivity contribution is 5.79. The summed E-state index contributed by atoms with van der Waals surface area (Å²) in [4.78, 5) is 14.7. The quantitative estimate of drug-likeness (QED) is 0.867. The summed E-state index contributed by atoms with van der Waals surface area (Å²) in [6.07, 6.45) is 0.769. The van der Waals surface area contributed by atoms with E-state index < -0.39 is 0 Å². The molecule has 2 rings (SSSR count). The van der Waals surface area contributed by atoms with Gasteiger partial charge in [0.1, 0.15) is 5.75 Å². The summed E-state index contributed by atoms with van der Waals surface area (Å²) in [6, 6.07) is 7.63. The lowest BCUT2D eigenvalue weighted by atomic mass is 10.00. The third kappa shape index (κ3) is 4.95. The molecule has 1 aromatic carbocycles. The number of para-hydroxylation sites is 1. The molecule has 1 aromatic rings. The van der Waals surface area contributed by atoms with Gasteiger partial charge in [-0.1, -0.05) is 18.2 Å². The zero-order valence-corrected chi connectivity index (χ0v) is 15.5. The third-order valence-corrected chi connectivity index (χ3v) is 4.54.